The van der Waals surface area contributed by atoms with Crippen LogP contribution in [-0.2, 0) is 9.84 Å². The van der Waals surface area contributed by atoms with Crippen molar-refractivity contribution in [3.63, 3.8) is 0 Å². The summed E-state index contributed by atoms with van der Waals surface area (Å²) in [5.41, 5.74) is 8.17. The zero-order valence-corrected chi connectivity index (χ0v) is 9.34. The van der Waals surface area contributed by atoms with Gasteiger partial charge in [-0.15, -0.1) is 0 Å². The van der Waals surface area contributed by atoms with Crippen molar-refractivity contribution in [3.8, 4) is 0 Å². The summed E-state index contributed by atoms with van der Waals surface area (Å²) in [6.45, 7) is 2.42. The zero-order valence-electron chi connectivity index (χ0n) is 8.53. The van der Waals surface area contributed by atoms with Crippen LogP contribution in [0.15, 0.2) is 28.5 Å². The van der Waals surface area contributed by atoms with Crippen molar-refractivity contribution in [2.75, 3.05) is 6.54 Å². The molecular weight excluding hydrogens is 210 g/mol. The molecule has 0 aromatic heterocycles. The monoisotopic (exact) mass is 223 g/mol. The van der Waals surface area contributed by atoms with Gasteiger partial charge in [0, 0.05) is 5.41 Å². The molecule has 4 heteroatoms. The highest BCUT2D eigenvalue weighted by Crippen LogP contribution is 2.35. The summed E-state index contributed by atoms with van der Waals surface area (Å²) in [6, 6.07) is 5.39. The van der Waals surface area contributed by atoms with Crippen molar-refractivity contribution in [2.24, 2.45) is 5.73 Å². The molecule has 1 aromatic rings. The molecule has 2 N–H and O–H groups in total. The van der Waals surface area contributed by atoms with Crippen molar-refractivity contribution in [2.45, 2.75) is 18.2 Å². The van der Waals surface area contributed by atoms with Gasteiger partial charge in [0.25, 0.3) is 0 Å². The maximum absolute atomic E-state index is 11.7. The Bertz CT molecular complexity index is 530. The molecule has 1 aliphatic rings. The molecule has 0 spiro atoms. The maximum Gasteiger partial charge on any atom is 0.200 e. The predicted octanol–water partition coefficient (Wildman–Crippen LogP) is 1.47. The Hall–Kier alpha value is -1.13. The van der Waals surface area contributed by atoms with Crippen molar-refractivity contribution in [1.82, 2.24) is 0 Å². The molecule has 3 nitrogen and oxygen atoms in total. The van der Waals surface area contributed by atoms with Crippen LogP contribution in [-0.4, -0.2) is 15.0 Å². The molecule has 80 valence electrons. The highest BCUT2D eigenvalue weighted by molar-refractivity contribution is 7.95. The normalized spacial score (nSPS) is 17.3. The Morgan fingerprint density at radius 3 is 2.73 bits per heavy atom. The summed E-state index contributed by atoms with van der Waals surface area (Å²) in [5.74, 6) is 0. The zero-order chi connectivity index (χ0) is 11.1. The van der Waals surface area contributed by atoms with Gasteiger partial charge >= 0.3 is 0 Å². The summed E-state index contributed by atoms with van der Waals surface area (Å²) in [7, 11) is -3.21. The lowest BCUT2D eigenvalue weighted by Crippen LogP contribution is -1.99. The van der Waals surface area contributed by atoms with E-state index >= 15 is 0 Å². The van der Waals surface area contributed by atoms with Crippen LogP contribution >= 0.6 is 0 Å². The fourth-order valence-corrected chi connectivity index (χ4v) is 3.31. The Balaban J connectivity index is 2.63. The van der Waals surface area contributed by atoms with Crippen LogP contribution in [0.3, 0.4) is 0 Å². The predicted molar refractivity (Wildman–Crippen MR) is 60.0 cm³/mol. The van der Waals surface area contributed by atoms with Gasteiger partial charge in [-0.25, -0.2) is 8.42 Å². The molecule has 0 bridgehead atoms. The van der Waals surface area contributed by atoms with Gasteiger partial charge in [-0.05, 0) is 37.1 Å². The third-order valence-corrected chi connectivity index (χ3v) is 4.06. The van der Waals surface area contributed by atoms with E-state index in [9.17, 15) is 8.42 Å². The lowest BCUT2D eigenvalue weighted by molar-refractivity contribution is 0.605. The molecular formula is C11H13NO2S. The van der Waals surface area contributed by atoms with E-state index in [4.69, 9.17) is 5.73 Å². The van der Waals surface area contributed by atoms with E-state index in [-0.39, 0.29) is 0 Å². The minimum absolute atomic E-state index is 0.413. The summed E-state index contributed by atoms with van der Waals surface area (Å²) in [4.78, 5) is 0.413. The standard InChI is InChI=1S/C11H13NO2S/c1-8-2-3-11-10(6-8)9(4-5-12)7-15(11,13)14/h2-3,6-7H,4-5,12H2,1H3. The molecule has 1 aromatic carbocycles. The number of hydrogen-bond donors (Lipinski definition) is 1. The Morgan fingerprint density at radius 1 is 1.33 bits per heavy atom. The molecule has 0 amide bonds. The van der Waals surface area contributed by atoms with Crippen LogP contribution in [0.1, 0.15) is 17.5 Å². The number of sulfone groups is 1. The molecule has 0 aliphatic carbocycles. The topological polar surface area (TPSA) is 60.2 Å². The number of fused-ring (bicyclic) bond motifs is 1. The number of hydrogen-bond acceptors (Lipinski definition) is 3. The molecule has 0 saturated heterocycles. The van der Waals surface area contributed by atoms with Crippen LogP contribution in [0.5, 0.6) is 0 Å². The summed E-state index contributed by atoms with van der Waals surface area (Å²) >= 11 is 0. The van der Waals surface area contributed by atoms with E-state index in [0.717, 1.165) is 16.7 Å². The first-order valence-corrected chi connectivity index (χ1v) is 6.36. The minimum atomic E-state index is -3.21. The minimum Gasteiger partial charge on any atom is -0.330 e. The van der Waals surface area contributed by atoms with E-state index in [2.05, 4.69) is 0 Å². The first kappa shape index (κ1) is 10.4. The van der Waals surface area contributed by atoms with Crippen LogP contribution in [0.25, 0.3) is 5.57 Å². The van der Waals surface area contributed by atoms with Crippen LogP contribution in [0.2, 0.25) is 0 Å². The quantitative estimate of drug-likeness (QED) is 0.826. The summed E-state index contributed by atoms with van der Waals surface area (Å²) in [6.07, 6.45) is 0.607. The Labute approximate surface area is 89.5 Å². The summed E-state index contributed by atoms with van der Waals surface area (Å²) < 4.78 is 23.5. The molecule has 0 saturated carbocycles. The van der Waals surface area contributed by atoms with Gasteiger partial charge in [0.1, 0.15) is 0 Å². The lowest BCUT2D eigenvalue weighted by atomic mass is 10.0. The van der Waals surface area contributed by atoms with Gasteiger partial charge in [0.15, 0.2) is 0 Å². The van der Waals surface area contributed by atoms with Crippen molar-refractivity contribution >= 4 is 15.4 Å². The smallest absolute Gasteiger partial charge is 0.200 e. The van der Waals surface area contributed by atoms with Crippen molar-refractivity contribution < 1.29 is 8.42 Å². The first-order chi connectivity index (χ1) is 7.04. The average molecular weight is 223 g/mol. The van der Waals surface area contributed by atoms with Gasteiger partial charge in [-0.3, -0.25) is 0 Å². The van der Waals surface area contributed by atoms with E-state index in [1.54, 1.807) is 6.07 Å². The number of aryl methyl sites for hydroxylation is 1. The Kier molecular flexibility index (Phi) is 2.40. The SMILES string of the molecule is Cc1ccc2c(c1)C(CCN)=CS2(=O)=O. The highest BCUT2D eigenvalue weighted by atomic mass is 32.2. The molecule has 2 rings (SSSR count). The molecule has 1 aliphatic heterocycles. The van der Waals surface area contributed by atoms with Crippen LogP contribution in [0, 0.1) is 6.92 Å². The summed E-state index contributed by atoms with van der Waals surface area (Å²) in [5, 5.41) is 1.34. The second kappa shape index (κ2) is 3.47. The van der Waals surface area contributed by atoms with E-state index in [1.807, 2.05) is 19.1 Å². The van der Waals surface area contributed by atoms with Crippen LogP contribution in [0.4, 0.5) is 0 Å². The molecule has 0 unspecified atom stereocenters. The third kappa shape index (κ3) is 1.70. The fourth-order valence-electron chi connectivity index (χ4n) is 1.81. The van der Waals surface area contributed by atoms with Crippen molar-refractivity contribution in [1.29, 1.82) is 0 Å². The van der Waals surface area contributed by atoms with Gasteiger partial charge in [-0.1, -0.05) is 17.7 Å². The fraction of sp³-hybridized carbons (Fsp3) is 0.273. The third-order valence-electron chi connectivity index (χ3n) is 2.50. The van der Waals surface area contributed by atoms with E-state index in [1.165, 1.54) is 5.41 Å². The van der Waals surface area contributed by atoms with Crippen molar-refractivity contribution in [3.05, 3.63) is 34.7 Å². The van der Waals surface area contributed by atoms with Gasteiger partial charge in [0.2, 0.25) is 9.84 Å². The van der Waals surface area contributed by atoms with E-state index < -0.39 is 9.84 Å². The molecule has 0 atom stereocenters. The van der Waals surface area contributed by atoms with E-state index in [0.29, 0.717) is 17.9 Å². The van der Waals surface area contributed by atoms with Crippen LogP contribution < -0.4 is 5.73 Å². The second-order valence-electron chi connectivity index (χ2n) is 3.73. The second-order valence-corrected chi connectivity index (χ2v) is 5.49. The largest absolute Gasteiger partial charge is 0.330 e. The molecule has 0 fully saturated rings. The molecule has 1 heterocycles. The maximum atomic E-state index is 11.7. The molecule has 0 radical (unpaired) electrons. The van der Waals surface area contributed by atoms with Gasteiger partial charge in [-0.2, -0.15) is 0 Å². The lowest BCUT2D eigenvalue weighted by Gasteiger charge is -2.03. The first-order valence-electron chi connectivity index (χ1n) is 4.81. The Morgan fingerprint density at radius 2 is 2.07 bits per heavy atom. The van der Waals surface area contributed by atoms with Gasteiger partial charge < -0.3 is 5.73 Å². The van der Waals surface area contributed by atoms with Gasteiger partial charge in [0.05, 0.1) is 4.90 Å². The average Bonchev–Trinajstić information content (AvgIpc) is 2.39. The number of benzene rings is 1. The number of nitrogens with two attached hydrogens (primary N) is 1. The highest BCUT2D eigenvalue weighted by Gasteiger charge is 2.25. The number of rotatable bonds is 2. The molecule has 15 heavy (non-hydrogen) atoms.